The molecule has 2 aliphatic rings. The summed E-state index contributed by atoms with van der Waals surface area (Å²) in [5, 5.41) is 3.34. The van der Waals surface area contributed by atoms with E-state index in [0.29, 0.717) is 24.7 Å². The first-order valence-corrected chi connectivity index (χ1v) is 6.67. The number of ether oxygens (including phenoxy) is 1. The van der Waals surface area contributed by atoms with Crippen molar-refractivity contribution >= 4 is 5.78 Å². The molecule has 0 bridgehead atoms. The summed E-state index contributed by atoms with van der Waals surface area (Å²) < 4.78 is 5.36. The van der Waals surface area contributed by atoms with E-state index in [9.17, 15) is 4.79 Å². The zero-order valence-corrected chi connectivity index (χ0v) is 10.0. The van der Waals surface area contributed by atoms with Gasteiger partial charge < -0.3 is 10.1 Å². The number of ketones is 1. The third-order valence-electron chi connectivity index (χ3n) is 3.71. The summed E-state index contributed by atoms with van der Waals surface area (Å²) in [6, 6.07) is 0.268. The van der Waals surface area contributed by atoms with Crippen LogP contribution in [-0.4, -0.2) is 31.6 Å². The molecule has 2 fully saturated rings. The van der Waals surface area contributed by atoms with Gasteiger partial charge >= 0.3 is 0 Å². The topological polar surface area (TPSA) is 38.3 Å². The number of morpholine rings is 1. The highest BCUT2D eigenvalue weighted by molar-refractivity contribution is 5.79. The molecule has 1 aliphatic carbocycles. The Kier molecular flexibility index (Phi) is 4.79. The molecule has 1 saturated heterocycles. The molecule has 1 saturated carbocycles. The first kappa shape index (κ1) is 12.1. The van der Waals surface area contributed by atoms with Crippen LogP contribution in [0.25, 0.3) is 0 Å². The molecule has 1 N–H and O–H groups in total. The third kappa shape index (κ3) is 3.87. The van der Waals surface area contributed by atoms with E-state index in [0.717, 1.165) is 19.6 Å². The zero-order chi connectivity index (χ0) is 11.2. The minimum Gasteiger partial charge on any atom is -0.379 e. The summed E-state index contributed by atoms with van der Waals surface area (Å²) in [4.78, 5) is 11.9. The molecule has 92 valence electrons. The van der Waals surface area contributed by atoms with Crippen molar-refractivity contribution in [3.05, 3.63) is 0 Å². The maximum atomic E-state index is 11.9. The van der Waals surface area contributed by atoms with Gasteiger partial charge in [-0.05, 0) is 5.92 Å². The summed E-state index contributed by atoms with van der Waals surface area (Å²) in [7, 11) is 0. The zero-order valence-electron chi connectivity index (χ0n) is 10.0. The minimum absolute atomic E-state index is 0.268. The standard InChI is InChI=1S/C13H23NO2/c15-13(8-11-4-2-1-3-5-11)9-12-10-16-7-6-14-12/h11-12,14H,1-10H2. The summed E-state index contributed by atoms with van der Waals surface area (Å²) >= 11 is 0. The molecule has 1 unspecified atom stereocenters. The molecule has 3 heteroatoms. The summed E-state index contributed by atoms with van der Waals surface area (Å²) in [5.41, 5.74) is 0. The Balaban J connectivity index is 1.66. The van der Waals surface area contributed by atoms with Crippen molar-refractivity contribution in [1.29, 1.82) is 0 Å². The van der Waals surface area contributed by atoms with Crippen LogP contribution in [0.3, 0.4) is 0 Å². The third-order valence-corrected chi connectivity index (χ3v) is 3.71. The van der Waals surface area contributed by atoms with Gasteiger partial charge in [-0.2, -0.15) is 0 Å². The van der Waals surface area contributed by atoms with Crippen molar-refractivity contribution in [3.63, 3.8) is 0 Å². The molecule has 0 radical (unpaired) electrons. The molecule has 2 rings (SSSR count). The Hall–Kier alpha value is -0.410. The van der Waals surface area contributed by atoms with Crippen molar-refractivity contribution in [2.75, 3.05) is 19.8 Å². The monoisotopic (exact) mass is 225 g/mol. The second kappa shape index (κ2) is 6.36. The van der Waals surface area contributed by atoms with E-state index >= 15 is 0 Å². The lowest BCUT2D eigenvalue weighted by Crippen LogP contribution is -2.42. The van der Waals surface area contributed by atoms with E-state index < -0.39 is 0 Å². The number of nitrogens with one attached hydrogen (secondary N) is 1. The van der Waals surface area contributed by atoms with Crippen LogP contribution in [0, 0.1) is 5.92 Å². The van der Waals surface area contributed by atoms with E-state index in [1.54, 1.807) is 0 Å². The fourth-order valence-corrected chi connectivity index (χ4v) is 2.82. The maximum Gasteiger partial charge on any atom is 0.134 e. The van der Waals surface area contributed by atoms with E-state index in [4.69, 9.17) is 4.74 Å². The summed E-state index contributed by atoms with van der Waals surface area (Å²) in [5.74, 6) is 1.10. The first-order valence-electron chi connectivity index (χ1n) is 6.67. The van der Waals surface area contributed by atoms with Crippen molar-refractivity contribution in [1.82, 2.24) is 5.32 Å². The Bertz CT molecular complexity index is 196. The summed E-state index contributed by atoms with van der Waals surface area (Å²) in [6.45, 7) is 2.38. The lowest BCUT2D eigenvalue weighted by molar-refractivity contribution is -0.121. The van der Waals surface area contributed by atoms with Gasteiger partial charge in [0.2, 0.25) is 0 Å². The predicted molar refractivity (Wildman–Crippen MR) is 63.4 cm³/mol. The van der Waals surface area contributed by atoms with Gasteiger partial charge in [-0.25, -0.2) is 0 Å². The number of rotatable bonds is 4. The highest BCUT2D eigenvalue weighted by Crippen LogP contribution is 2.26. The van der Waals surface area contributed by atoms with Gasteiger partial charge in [0.05, 0.1) is 13.2 Å². The van der Waals surface area contributed by atoms with Gasteiger partial charge in [0.1, 0.15) is 5.78 Å². The molecule has 1 heterocycles. The van der Waals surface area contributed by atoms with E-state index in [1.807, 2.05) is 0 Å². The van der Waals surface area contributed by atoms with Gasteiger partial charge in [0, 0.05) is 25.4 Å². The van der Waals surface area contributed by atoms with Crippen LogP contribution in [-0.2, 0) is 9.53 Å². The Morgan fingerprint density at radius 1 is 1.19 bits per heavy atom. The van der Waals surface area contributed by atoms with Gasteiger partial charge in [-0.1, -0.05) is 32.1 Å². The second-order valence-electron chi connectivity index (χ2n) is 5.18. The average Bonchev–Trinajstić information content (AvgIpc) is 2.31. The highest BCUT2D eigenvalue weighted by atomic mass is 16.5. The second-order valence-corrected chi connectivity index (χ2v) is 5.18. The molecule has 0 spiro atoms. The average molecular weight is 225 g/mol. The predicted octanol–water partition coefficient (Wildman–Crippen LogP) is 1.90. The molecule has 16 heavy (non-hydrogen) atoms. The van der Waals surface area contributed by atoms with Crippen molar-refractivity contribution in [2.24, 2.45) is 5.92 Å². The Morgan fingerprint density at radius 2 is 2.00 bits per heavy atom. The van der Waals surface area contributed by atoms with Crippen LogP contribution >= 0.6 is 0 Å². The smallest absolute Gasteiger partial charge is 0.134 e. The number of carbonyl (C=O) groups is 1. The van der Waals surface area contributed by atoms with Gasteiger partial charge in [-0.3, -0.25) is 4.79 Å². The molecule has 0 amide bonds. The van der Waals surface area contributed by atoms with Crippen LogP contribution in [0.15, 0.2) is 0 Å². The van der Waals surface area contributed by atoms with Gasteiger partial charge in [-0.15, -0.1) is 0 Å². The maximum absolute atomic E-state index is 11.9. The van der Waals surface area contributed by atoms with E-state index in [1.165, 1.54) is 32.1 Å². The fraction of sp³-hybridized carbons (Fsp3) is 0.923. The molecule has 3 nitrogen and oxygen atoms in total. The normalized spacial score (nSPS) is 27.9. The molecular formula is C13H23NO2. The van der Waals surface area contributed by atoms with Crippen LogP contribution in [0.4, 0.5) is 0 Å². The summed E-state index contributed by atoms with van der Waals surface area (Å²) in [6.07, 6.45) is 8.00. The molecule has 0 aromatic carbocycles. The number of carbonyl (C=O) groups excluding carboxylic acids is 1. The van der Waals surface area contributed by atoms with Crippen molar-refractivity contribution in [3.8, 4) is 0 Å². The van der Waals surface area contributed by atoms with Gasteiger partial charge in [0.25, 0.3) is 0 Å². The Labute approximate surface area is 97.9 Å². The SMILES string of the molecule is O=C(CC1CCCCC1)CC1COCCN1. The fourth-order valence-electron chi connectivity index (χ4n) is 2.82. The van der Waals surface area contributed by atoms with Crippen molar-refractivity contribution in [2.45, 2.75) is 51.0 Å². The van der Waals surface area contributed by atoms with Crippen LogP contribution < -0.4 is 5.32 Å². The number of hydrogen-bond acceptors (Lipinski definition) is 3. The molecule has 1 aliphatic heterocycles. The molecule has 0 aromatic rings. The molecule has 1 atom stereocenters. The largest absolute Gasteiger partial charge is 0.379 e. The number of Topliss-reactive ketones (excluding diaryl/α,β-unsaturated/α-hetero) is 1. The van der Waals surface area contributed by atoms with E-state index in [-0.39, 0.29) is 6.04 Å². The quantitative estimate of drug-likeness (QED) is 0.794. The molecule has 0 aromatic heterocycles. The van der Waals surface area contributed by atoms with E-state index in [2.05, 4.69) is 5.32 Å². The lowest BCUT2D eigenvalue weighted by atomic mass is 9.85. The first-order chi connectivity index (χ1) is 7.84. The van der Waals surface area contributed by atoms with Crippen LogP contribution in [0.2, 0.25) is 0 Å². The van der Waals surface area contributed by atoms with Crippen LogP contribution in [0.1, 0.15) is 44.9 Å². The van der Waals surface area contributed by atoms with Gasteiger partial charge in [0.15, 0.2) is 0 Å². The minimum atomic E-state index is 0.268. The lowest BCUT2D eigenvalue weighted by Gasteiger charge is -2.25. The Morgan fingerprint density at radius 3 is 2.69 bits per heavy atom. The van der Waals surface area contributed by atoms with Crippen molar-refractivity contribution < 1.29 is 9.53 Å². The number of hydrogen-bond donors (Lipinski definition) is 1. The highest BCUT2D eigenvalue weighted by Gasteiger charge is 2.21. The van der Waals surface area contributed by atoms with Crippen LogP contribution in [0.5, 0.6) is 0 Å². The molecular weight excluding hydrogens is 202 g/mol.